The Morgan fingerprint density at radius 2 is 1.61 bits per heavy atom. The molecule has 7 heteroatoms. The second kappa shape index (κ2) is 8.17. The zero-order valence-corrected chi connectivity index (χ0v) is 18.3. The van der Waals surface area contributed by atoms with Crippen molar-refractivity contribution in [1.82, 2.24) is 9.80 Å². The largest absolute Gasteiger partial charge is 0.507 e. The van der Waals surface area contributed by atoms with Crippen LogP contribution < -0.4 is 10.6 Å². The van der Waals surface area contributed by atoms with E-state index >= 15 is 0 Å². The molecule has 1 N–H and O–H groups in total. The minimum absolute atomic E-state index is 0.171. The van der Waals surface area contributed by atoms with Gasteiger partial charge in [0.1, 0.15) is 11.5 Å². The topological polar surface area (TPSA) is 85.6 Å². The van der Waals surface area contributed by atoms with Crippen LogP contribution in [0.4, 0.5) is 0 Å². The van der Waals surface area contributed by atoms with Crippen molar-refractivity contribution >= 4 is 28.5 Å². The average molecular weight is 418 g/mol. The number of nitrogens with zero attached hydrogens (tertiary/aromatic N) is 4. The van der Waals surface area contributed by atoms with Gasteiger partial charge in [-0.25, -0.2) is 4.99 Å². The normalized spacial score (nSPS) is 19.2. The molecular formula is C24H26N4O3. The molecule has 0 bridgehead atoms. The summed E-state index contributed by atoms with van der Waals surface area (Å²) < 4.78 is 0. The molecule has 1 aliphatic carbocycles. The fourth-order valence-corrected chi connectivity index (χ4v) is 4.02. The van der Waals surface area contributed by atoms with Crippen LogP contribution in [-0.4, -0.2) is 73.5 Å². The Morgan fingerprint density at radius 1 is 0.935 bits per heavy atom. The number of benzene rings is 1. The fraction of sp³-hybridized carbons (Fsp3) is 0.333. The van der Waals surface area contributed by atoms with E-state index in [1.165, 1.54) is 12.2 Å². The number of carbonyl (C=O) groups excluding carboxylic acids is 2. The number of ketones is 2. The van der Waals surface area contributed by atoms with Gasteiger partial charge in [0.15, 0.2) is 5.78 Å². The van der Waals surface area contributed by atoms with Crippen LogP contribution in [0.25, 0.3) is 11.3 Å². The van der Waals surface area contributed by atoms with Gasteiger partial charge in [0.2, 0.25) is 5.78 Å². The standard InChI is InChI=1S/C24H26N4O3/c1-27(2)11-9-14-13-25-23-16(5-6-17(29)20(14)23)22-15(10-12-28(3)4)21-18(30)7-8-19(31)24(21)26-22/h5-8,13,29H,9-12H2,1-4H3. The summed E-state index contributed by atoms with van der Waals surface area (Å²) in [6.07, 6.45) is 5.72. The minimum atomic E-state index is -0.260. The number of aromatic hydroxyl groups is 1. The van der Waals surface area contributed by atoms with Gasteiger partial charge in [0.05, 0.1) is 16.6 Å². The van der Waals surface area contributed by atoms with E-state index in [0.717, 1.165) is 29.3 Å². The van der Waals surface area contributed by atoms with Gasteiger partial charge in [-0.2, -0.15) is 0 Å². The molecule has 0 radical (unpaired) electrons. The Balaban J connectivity index is 1.92. The summed E-state index contributed by atoms with van der Waals surface area (Å²) >= 11 is 0. The summed E-state index contributed by atoms with van der Waals surface area (Å²) in [5, 5.41) is 11.9. The summed E-state index contributed by atoms with van der Waals surface area (Å²) in [5.41, 5.74) is 3.62. The summed E-state index contributed by atoms with van der Waals surface area (Å²) in [5.74, 6) is -0.284. The Labute approximate surface area is 181 Å². The smallest absolute Gasteiger partial charge is 0.205 e. The maximum absolute atomic E-state index is 12.7. The number of fused-ring (bicyclic) bond motifs is 2. The summed E-state index contributed by atoms with van der Waals surface area (Å²) in [6.45, 7) is 1.54. The van der Waals surface area contributed by atoms with E-state index in [4.69, 9.17) is 0 Å². The monoisotopic (exact) mass is 418 g/mol. The highest BCUT2D eigenvalue weighted by molar-refractivity contribution is 6.60. The first-order chi connectivity index (χ1) is 14.8. The van der Waals surface area contributed by atoms with Crippen LogP contribution in [0.1, 0.15) is 18.4 Å². The van der Waals surface area contributed by atoms with Crippen molar-refractivity contribution < 1.29 is 14.7 Å². The van der Waals surface area contributed by atoms with Crippen molar-refractivity contribution in [2.45, 2.75) is 12.8 Å². The third-order valence-corrected chi connectivity index (χ3v) is 5.63. The van der Waals surface area contributed by atoms with Gasteiger partial charge < -0.3 is 14.9 Å². The number of allylic oxidation sites excluding steroid dienone is 3. The molecule has 1 aromatic carbocycles. The van der Waals surface area contributed by atoms with Crippen LogP contribution in [0.15, 0.2) is 51.6 Å². The lowest BCUT2D eigenvalue weighted by Crippen LogP contribution is -2.29. The molecule has 0 spiro atoms. The third-order valence-electron chi connectivity index (χ3n) is 5.63. The first-order valence-electron chi connectivity index (χ1n) is 10.3. The Kier molecular flexibility index (Phi) is 5.56. The molecule has 160 valence electrons. The van der Waals surface area contributed by atoms with Crippen molar-refractivity contribution in [3.8, 4) is 5.75 Å². The van der Waals surface area contributed by atoms with E-state index in [1.54, 1.807) is 18.3 Å². The Bertz CT molecular complexity index is 1230. The van der Waals surface area contributed by atoms with E-state index in [1.807, 2.05) is 33.1 Å². The zero-order valence-electron chi connectivity index (χ0n) is 18.3. The molecule has 0 saturated heterocycles. The van der Waals surface area contributed by atoms with Crippen molar-refractivity contribution in [2.75, 3.05) is 41.3 Å². The van der Waals surface area contributed by atoms with Gasteiger partial charge >= 0.3 is 0 Å². The number of phenols is 1. The first kappa shape index (κ1) is 21.1. The molecular weight excluding hydrogens is 392 g/mol. The van der Waals surface area contributed by atoms with Crippen molar-refractivity contribution in [1.29, 1.82) is 0 Å². The predicted octanol–water partition coefficient (Wildman–Crippen LogP) is 0.837. The molecule has 0 atom stereocenters. The molecule has 3 aliphatic rings. The van der Waals surface area contributed by atoms with Gasteiger partial charge in [0.25, 0.3) is 0 Å². The summed E-state index contributed by atoms with van der Waals surface area (Å²) in [6, 6.07) is 3.42. The molecule has 0 aromatic heterocycles. The van der Waals surface area contributed by atoms with Gasteiger partial charge in [-0.3, -0.25) is 14.6 Å². The molecule has 2 heterocycles. The molecule has 1 aromatic rings. The van der Waals surface area contributed by atoms with E-state index in [0.29, 0.717) is 35.2 Å². The second-order valence-corrected chi connectivity index (χ2v) is 8.47. The van der Waals surface area contributed by atoms with Gasteiger partial charge in [0, 0.05) is 30.1 Å². The van der Waals surface area contributed by atoms with Crippen molar-refractivity contribution in [3.63, 3.8) is 0 Å². The molecule has 7 nitrogen and oxygen atoms in total. The highest BCUT2D eigenvalue weighted by Gasteiger charge is 2.34. The third kappa shape index (κ3) is 3.82. The van der Waals surface area contributed by atoms with Gasteiger partial charge in [-0.1, -0.05) is 0 Å². The number of carbonyl (C=O) groups is 2. The summed E-state index contributed by atoms with van der Waals surface area (Å²) in [4.78, 5) is 38.5. The fourth-order valence-electron chi connectivity index (χ4n) is 4.02. The highest BCUT2D eigenvalue weighted by Crippen LogP contribution is 2.32. The van der Waals surface area contributed by atoms with Gasteiger partial charge in [-0.15, -0.1) is 0 Å². The van der Waals surface area contributed by atoms with Crippen molar-refractivity contribution in [3.05, 3.63) is 57.8 Å². The van der Waals surface area contributed by atoms with E-state index in [9.17, 15) is 14.7 Å². The molecule has 2 aliphatic heterocycles. The average Bonchev–Trinajstić information content (AvgIpc) is 3.31. The molecule has 31 heavy (non-hydrogen) atoms. The lowest BCUT2D eigenvalue weighted by Gasteiger charge is -2.13. The van der Waals surface area contributed by atoms with E-state index in [2.05, 4.69) is 14.9 Å². The highest BCUT2D eigenvalue weighted by atomic mass is 16.3. The lowest BCUT2D eigenvalue weighted by atomic mass is 9.91. The zero-order chi connectivity index (χ0) is 22.3. The molecule has 0 saturated carbocycles. The predicted molar refractivity (Wildman–Crippen MR) is 120 cm³/mol. The van der Waals surface area contributed by atoms with Crippen LogP contribution in [0.2, 0.25) is 0 Å². The maximum Gasteiger partial charge on any atom is 0.205 e. The molecule has 0 fully saturated rings. The summed E-state index contributed by atoms with van der Waals surface area (Å²) in [7, 11) is 7.93. The van der Waals surface area contributed by atoms with E-state index in [-0.39, 0.29) is 23.0 Å². The molecule has 0 amide bonds. The Hall–Kier alpha value is -3.16. The quantitative estimate of drug-likeness (QED) is 0.740. The van der Waals surface area contributed by atoms with Crippen LogP contribution in [0.3, 0.4) is 0 Å². The number of phenolic OH excluding ortho intramolecular Hbond substituents is 1. The molecule has 4 rings (SSSR count). The number of hydrogen-bond donors (Lipinski definition) is 1. The lowest BCUT2D eigenvalue weighted by molar-refractivity contribution is -0.113. The van der Waals surface area contributed by atoms with Crippen molar-refractivity contribution in [2.24, 2.45) is 9.98 Å². The SMILES string of the molecule is CN(C)CCC1=CN=c2c1c(O)ccc2=C1N=C2C(=O)C=CC(=O)C2=C1CCN(C)C. The molecule has 0 unspecified atom stereocenters. The second-order valence-electron chi connectivity index (χ2n) is 8.47. The first-order valence-corrected chi connectivity index (χ1v) is 10.3. The maximum atomic E-state index is 12.7. The minimum Gasteiger partial charge on any atom is -0.507 e. The van der Waals surface area contributed by atoms with Crippen LogP contribution in [-0.2, 0) is 9.59 Å². The number of aliphatic imine (C=N–C) groups is 1. The number of hydrogen-bond acceptors (Lipinski definition) is 7. The van der Waals surface area contributed by atoms with Gasteiger partial charge in [-0.05, 0) is 76.5 Å². The van der Waals surface area contributed by atoms with Crippen LogP contribution in [0.5, 0.6) is 5.75 Å². The Morgan fingerprint density at radius 3 is 2.32 bits per heavy atom. The van der Waals surface area contributed by atoms with Crippen LogP contribution in [0, 0.1) is 0 Å². The van der Waals surface area contributed by atoms with Crippen LogP contribution >= 0.6 is 0 Å². The number of rotatable bonds is 6. The van der Waals surface area contributed by atoms with E-state index < -0.39 is 0 Å².